The van der Waals surface area contributed by atoms with Crippen molar-refractivity contribution < 1.29 is 5.11 Å². The Bertz CT molecular complexity index is 521. The zero-order valence-corrected chi connectivity index (χ0v) is 11.1. The van der Waals surface area contributed by atoms with Crippen molar-refractivity contribution in [2.24, 2.45) is 0 Å². The normalized spacial score (nSPS) is 22.8. The van der Waals surface area contributed by atoms with Crippen molar-refractivity contribution in [1.82, 2.24) is 9.55 Å². The molecule has 100 valence electrons. The summed E-state index contributed by atoms with van der Waals surface area (Å²) in [5, 5.41) is 9.91. The summed E-state index contributed by atoms with van der Waals surface area (Å²) in [6.45, 7) is 0. The predicted octanol–water partition coefficient (Wildman–Crippen LogP) is 2.75. The van der Waals surface area contributed by atoms with Crippen LogP contribution in [0.1, 0.15) is 36.6 Å². The van der Waals surface area contributed by atoms with Crippen molar-refractivity contribution in [3.05, 3.63) is 54.1 Å². The Labute approximate surface area is 113 Å². The van der Waals surface area contributed by atoms with Crippen LogP contribution in [0.4, 0.5) is 0 Å². The summed E-state index contributed by atoms with van der Waals surface area (Å²) >= 11 is 0. The van der Waals surface area contributed by atoms with E-state index in [1.54, 1.807) is 0 Å². The van der Waals surface area contributed by atoms with Crippen molar-refractivity contribution in [3.63, 3.8) is 0 Å². The van der Waals surface area contributed by atoms with Gasteiger partial charge in [-0.05, 0) is 37.7 Å². The number of aliphatic hydroxyl groups excluding tert-OH is 1. The topological polar surface area (TPSA) is 38.0 Å². The summed E-state index contributed by atoms with van der Waals surface area (Å²) < 4.78 is 2.10. The van der Waals surface area contributed by atoms with Gasteiger partial charge >= 0.3 is 0 Å². The number of nitrogens with zero attached hydrogens (tertiary/aromatic N) is 2. The summed E-state index contributed by atoms with van der Waals surface area (Å²) in [6, 6.07) is 10.7. The zero-order valence-electron chi connectivity index (χ0n) is 11.1. The second-order valence-corrected chi connectivity index (χ2v) is 5.36. The Morgan fingerprint density at radius 3 is 2.74 bits per heavy atom. The SMILES string of the molecule is O[C@H]1CCC[C@H]1n1cnc(CCc2ccccc2)c1. The van der Waals surface area contributed by atoms with Crippen LogP contribution in [0.15, 0.2) is 42.9 Å². The van der Waals surface area contributed by atoms with Gasteiger partial charge in [-0.15, -0.1) is 0 Å². The lowest BCUT2D eigenvalue weighted by Gasteiger charge is -2.15. The minimum Gasteiger partial charge on any atom is -0.391 e. The van der Waals surface area contributed by atoms with Crippen LogP contribution in [0.2, 0.25) is 0 Å². The van der Waals surface area contributed by atoms with Crippen molar-refractivity contribution in [2.45, 2.75) is 44.2 Å². The van der Waals surface area contributed by atoms with Crippen LogP contribution in [0, 0.1) is 0 Å². The average molecular weight is 256 g/mol. The number of hydrogen-bond donors (Lipinski definition) is 1. The highest BCUT2D eigenvalue weighted by atomic mass is 16.3. The van der Waals surface area contributed by atoms with Gasteiger partial charge in [0.2, 0.25) is 0 Å². The molecule has 0 spiro atoms. The van der Waals surface area contributed by atoms with Crippen molar-refractivity contribution in [1.29, 1.82) is 0 Å². The minimum absolute atomic E-state index is 0.198. The Kier molecular flexibility index (Phi) is 3.65. The largest absolute Gasteiger partial charge is 0.391 e. The predicted molar refractivity (Wildman–Crippen MR) is 75.0 cm³/mol. The fraction of sp³-hybridized carbons (Fsp3) is 0.438. The second kappa shape index (κ2) is 5.57. The molecule has 1 saturated carbocycles. The molecule has 1 aliphatic rings. The molecule has 1 aliphatic carbocycles. The van der Waals surface area contributed by atoms with Gasteiger partial charge in [-0.25, -0.2) is 4.98 Å². The van der Waals surface area contributed by atoms with Gasteiger partial charge < -0.3 is 9.67 Å². The number of rotatable bonds is 4. The average Bonchev–Trinajstić information content (AvgIpc) is 3.06. The van der Waals surface area contributed by atoms with Gasteiger partial charge in [0.15, 0.2) is 0 Å². The molecule has 0 bridgehead atoms. The molecule has 0 aliphatic heterocycles. The van der Waals surface area contributed by atoms with Crippen molar-refractivity contribution in [3.8, 4) is 0 Å². The summed E-state index contributed by atoms with van der Waals surface area (Å²) in [7, 11) is 0. The first kappa shape index (κ1) is 12.4. The van der Waals surface area contributed by atoms with Gasteiger partial charge in [-0.1, -0.05) is 30.3 Å². The van der Waals surface area contributed by atoms with Crippen LogP contribution in [-0.4, -0.2) is 20.8 Å². The van der Waals surface area contributed by atoms with Gasteiger partial charge in [-0.3, -0.25) is 0 Å². The van der Waals surface area contributed by atoms with E-state index in [-0.39, 0.29) is 12.1 Å². The number of benzene rings is 1. The molecule has 3 rings (SSSR count). The standard InChI is InChI=1S/C16H20N2O/c19-16-8-4-7-15(16)18-11-14(17-12-18)10-9-13-5-2-1-3-6-13/h1-3,5-6,11-12,15-16,19H,4,7-10H2/t15-,16+/m1/s1. The lowest BCUT2D eigenvalue weighted by atomic mass is 10.1. The third-order valence-electron chi connectivity index (χ3n) is 3.99. The summed E-state index contributed by atoms with van der Waals surface area (Å²) in [5.74, 6) is 0. The van der Waals surface area contributed by atoms with E-state index in [2.05, 4.69) is 40.0 Å². The third kappa shape index (κ3) is 2.87. The van der Waals surface area contributed by atoms with Crippen LogP contribution in [0.25, 0.3) is 0 Å². The smallest absolute Gasteiger partial charge is 0.0952 e. The van der Waals surface area contributed by atoms with Crippen LogP contribution in [0.3, 0.4) is 0 Å². The number of aromatic nitrogens is 2. The van der Waals surface area contributed by atoms with E-state index in [4.69, 9.17) is 0 Å². The molecule has 2 aromatic rings. The second-order valence-electron chi connectivity index (χ2n) is 5.36. The Morgan fingerprint density at radius 2 is 2.00 bits per heavy atom. The number of aryl methyl sites for hydroxylation is 2. The van der Waals surface area contributed by atoms with Gasteiger partial charge in [0.1, 0.15) is 0 Å². The van der Waals surface area contributed by atoms with E-state index < -0.39 is 0 Å². The Balaban J connectivity index is 1.62. The first-order chi connectivity index (χ1) is 9.33. The van der Waals surface area contributed by atoms with Gasteiger partial charge in [0, 0.05) is 6.20 Å². The van der Waals surface area contributed by atoms with Gasteiger partial charge in [0.05, 0.1) is 24.2 Å². The fourth-order valence-electron chi connectivity index (χ4n) is 2.88. The van der Waals surface area contributed by atoms with E-state index in [0.717, 1.165) is 37.8 Å². The molecule has 1 N–H and O–H groups in total. The number of aliphatic hydroxyl groups is 1. The summed E-state index contributed by atoms with van der Waals surface area (Å²) in [6.07, 6.45) is 8.85. The molecular formula is C16H20N2O. The first-order valence-electron chi connectivity index (χ1n) is 7.07. The molecule has 2 atom stereocenters. The maximum absolute atomic E-state index is 9.91. The maximum atomic E-state index is 9.91. The molecule has 0 saturated heterocycles. The number of hydrogen-bond acceptors (Lipinski definition) is 2. The quantitative estimate of drug-likeness (QED) is 0.913. The van der Waals surface area contributed by atoms with Crippen LogP contribution in [-0.2, 0) is 12.8 Å². The molecule has 1 aromatic carbocycles. The van der Waals surface area contributed by atoms with E-state index >= 15 is 0 Å². The van der Waals surface area contributed by atoms with E-state index in [1.165, 1.54) is 5.56 Å². The first-order valence-corrected chi connectivity index (χ1v) is 7.07. The molecule has 1 aromatic heterocycles. The summed E-state index contributed by atoms with van der Waals surface area (Å²) in [5.41, 5.74) is 2.46. The van der Waals surface area contributed by atoms with Gasteiger partial charge in [-0.2, -0.15) is 0 Å². The van der Waals surface area contributed by atoms with Gasteiger partial charge in [0.25, 0.3) is 0 Å². The van der Waals surface area contributed by atoms with Crippen molar-refractivity contribution in [2.75, 3.05) is 0 Å². The zero-order chi connectivity index (χ0) is 13.1. The molecule has 1 fully saturated rings. The molecular weight excluding hydrogens is 236 g/mol. The molecule has 0 amide bonds. The monoisotopic (exact) mass is 256 g/mol. The Hall–Kier alpha value is -1.61. The Morgan fingerprint density at radius 1 is 1.16 bits per heavy atom. The molecule has 3 heteroatoms. The van der Waals surface area contributed by atoms with Crippen LogP contribution >= 0.6 is 0 Å². The van der Waals surface area contributed by atoms with E-state index in [1.807, 2.05) is 12.4 Å². The summed E-state index contributed by atoms with van der Waals surface area (Å²) in [4.78, 5) is 4.46. The molecule has 19 heavy (non-hydrogen) atoms. The maximum Gasteiger partial charge on any atom is 0.0952 e. The van der Waals surface area contributed by atoms with E-state index in [0.29, 0.717) is 0 Å². The minimum atomic E-state index is -0.198. The lowest BCUT2D eigenvalue weighted by Crippen LogP contribution is -2.16. The van der Waals surface area contributed by atoms with Crippen LogP contribution in [0.5, 0.6) is 0 Å². The highest BCUT2D eigenvalue weighted by molar-refractivity contribution is 5.16. The van der Waals surface area contributed by atoms with E-state index in [9.17, 15) is 5.11 Å². The fourth-order valence-corrected chi connectivity index (χ4v) is 2.88. The number of imidazole rings is 1. The third-order valence-corrected chi connectivity index (χ3v) is 3.99. The molecule has 0 radical (unpaired) electrons. The van der Waals surface area contributed by atoms with Crippen LogP contribution < -0.4 is 0 Å². The molecule has 3 nitrogen and oxygen atoms in total. The lowest BCUT2D eigenvalue weighted by molar-refractivity contribution is 0.136. The van der Waals surface area contributed by atoms with Crippen molar-refractivity contribution >= 4 is 0 Å². The highest BCUT2D eigenvalue weighted by Crippen LogP contribution is 2.30. The molecule has 0 unspecified atom stereocenters. The highest BCUT2D eigenvalue weighted by Gasteiger charge is 2.26. The molecule has 1 heterocycles.